The van der Waals surface area contributed by atoms with E-state index in [-0.39, 0.29) is 18.0 Å². The molecule has 0 aromatic carbocycles. The van der Waals surface area contributed by atoms with E-state index in [1.165, 1.54) is 11.3 Å². The van der Waals surface area contributed by atoms with Crippen LogP contribution in [0.1, 0.15) is 41.9 Å². The van der Waals surface area contributed by atoms with Crippen LogP contribution in [0.2, 0.25) is 0 Å². The van der Waals surface area contributed by atoms with Crippen LogP contribution in [0.25, 0.3) is 0 Å². The van der Waals surface area contributed by atoms with Gasteiger partial charge in [0, 0.05) is 13.5 Å². The number of methoxy groups -OCH3 is 1. The van der Waals surface area contributed by atoms with Crippen LogP contribution >= 0.6 is 11.3 Å². The fourth-order valence-electron chi connectivity index (χ4n) is 1.60. The Bertz CT molecular complexity index is 470. The molecule has 0 fully saturated rings. The maximum atomic E-state index is 11.8. The predicted molar refractivity (Wildman–Crippen MR) is 79.3 cm³/mol. The summed E-state index contributed by atoms with van der Waals surface area (Å²) in [6.07, 6.45) is 1.11. The first-order valence-corrected chi connectivity index (χ1v) is 7.39. The van der Waals surface area contributed by atoms with Crippen LogP contribution in [0.15, 0.2) is 6.07 Å². The number of ether oxygens (including phenoxy) is 2. The lowest BCUT2D eigenvalue weighted by Crippen LogP contribution is -2.14. The monoisotopic (exact) mass is 299 g/mol. The van der Waals surface area contributed by atoms with Gasteiger partial charge in [0.1, 0.15) is 4.88 Å². The molecule has 1 unspecified atom stereocenters. The third kappa shape index (κ3) is 4.94. The van der Waals surface area contributed by atoms with Gasteiger partial charge in [-0.15, -0.1) is 11.3 Å². The summed E-state index contributed by atoms with van der Waals surface area (Å²) >= 11 is 1.24. The molecule has 20 heavy (non-hydrogen) atoms. The number of carbonyl (C=O) groups excluding carboxylic acids is 2. The Labute approximate surface area is 123 Å². The van der Waals surface area contributed by atoms with Gasteiger partial charge in [0.15, 0.2) is 0 Å². The Kier molecular flexibility index (Phi) is 6.67. The number of rotatable bonds is 7. The molecule has 1 N–H and O–H groups in total. The number of carbonyl (C=O) groups is 2. The average molecular weight is 299 g/mol. The summed E-state index contributed by atoms with van der Waals surface area (Å²) in [6.45, 7) is 5.85. The molecule has 0 aliphatic carbocycles. The second-order valence-electron chi connectivity index (χ2n) is 4.48. The highest BCUT2D eigenvalue weighted by Crippen LogP contribution is 2.27. The van der Waals surface area contributed by atoms with Crippen molar-refractivity contribution in [2.24, 2.45) is 0 Å². The van der Waals surface area contributed by atoms with Gasteiger partial charge in [-0.2, -0.15) is 0 Å². The number of aryl methyl sites for hydroxylation is 1. The number of thiophene rings is 1. The lowest BCUT2D eigenvalue weighted by atomic mass is 10.2. The zero-order valence-corrected chi connectivity index (χ0v) is 13.1. The number of hydrogen-bond acceptors (Lipinski definition) is 5. The Morgan fingerprint density at radius 3 is 2.75 bits per heavy atom. The van der Waals surface area contributed by atoms with E-state index >= 15 is 0 Å². The molecule has 0 aliphatic rings. The highest BCUT2D eigenvalue weighted by atomic mass is 32.1. The van der Waals surface area contributed by atoms with E-state index in [2.05, 4.69) is 5.32 Å². The first-order valence-electron chi connectivity index (χ1n) is 6.58. The summed E-state index contributed by atoms with van der Waals surface area (Å²) in [4.78, 5) is 24.0. The Balaban J connectivity index is 2.58. The SMILES string of the molecule is CCOC(=O)c1sc(NC(=O)CCC(C)OC)cc1C. The number of nitrogens with one attached hydrogen (secondary N) is 1. The van der Waals surface area contributed by atoms with Gasteiger partial charge in [-0.05, 0) is 38.8 Å². The van der Waals surface area contributed by atoms with Crippen molar-refractivity contribution in [3.05, 3.63) is 16.5 Å². The fourth-order valence-corrected chi connectivity index (χ4v) is 2.58. The first kappa shape index (κ1) is 16.7. The van der Waals surface area contributed by atoms with Crippen molar-refractivity contribution < 1.29 is 19.1 Å². The molecule has 0 spiro atoms. The highest BCUT2D eigenvalue weighted by Gasteiger charge is 2.16. The van der Waals surface area contributed by atoms with Crippen molar-refractivity contribution in [3.8, 4) is 0 Å². The number of amides is 1. The zero-order valence-electron chi connectivity index (χ0n) is 12.3. The van der Waals surface area contributed by atoms with Crippen molar-refractivity contribution in [2.75, 3.05) is 19.0 Å². The largest absolute Gasteiger partial charge is 0.462 e. The average Bonchev–Trinajstić information content (AvgIpc) is 2.77. The summed E-state index contributed by atoms with van der Waals surface area (Å²) in [5.74, 6) is -0.422. The van der Waals surface area contributed by atoms with E-state index in [1.54, 1.807) is 20.1 Å². The lowest BCUT2D eigenvalue weighted by Gasteiger charge is -2.08. The van der Waals surface area contributed by atoms with Gasteiger partial charge in [-0.3, -0.25) is 4.79 Å². The molecule has 112 valence electrons. The molecular formula is C14H21NO4S. The third-order valence-corrected chi connectivity index (χ3v) is 3.95. The van der Waals surface area contributed by atoms with Crippen LogP contribution in [0.5, 0.6) is 0 Å². The van der Waals surface area contributed by atoms with Gasteiger partial charge in [0.05, 0.1) is 17.7 Å². The third-order valence-electron chi connectivity index (χ3n) is 2.82. The normalized spacial score (nSPS) is 12.0. The Morgan fingerprint density at radius 2 is 2.15 bits per heavy atom. The van der Waals surface area contributed by atoms with Gasteiger partial charge >= 0.3 is 5.97 Å². The van der Waals surface area contributed by atoms with Gasteiger partial charge in [0.2, 0.25) is 5.91 Å². The number of anilines is 1. The van der Waals surface area contributed by atoms with Crippen LogP contribution in [0, 0.1) is 6.92 Å². The van der Waals surface area contributed by atoms with E-state index < -0.39 is 0 Å². The van der Waals surface area contributed by atoms with Gasteiger partial charge in [-0.1, -0.05) is 0 Å². The number of esters is 1. The van der Waals surface area contributed by atoms with Gasteiger partial charge < -0.3 is 14.8 Å². The molecule has 1 aromatic heterocycles. The van der Waals surface area contributed by atoms with Crippen molar-refractivity contribution in [1.82, 2.24) is 0 Å². The summed E-state index contributed by atoms with van der Waals surface area (Å²) < 4.78 is 10.1. The summed E-state index contributed by atoms with van der Waals surface area (Å²) in [5, 5.41) is 3.46. The number of hydrogen-bond donors (Lipinski definition) is 1. The molecule has 1 amide bonds. The highest BCUT2D eigenvalue weighted by molar-refractivity contribution is 7.18. The van der Waals surface area contributed by atoms with Crippen LogP contribution in [0.3, 0.4) is 0 Å². The fraction of sp³-hybridized carbons (Fsp3) is 0.571. The predicted octanol–water partition coefficient (Wildman–Crippen LogP) is 2.99. The lowest BCUT2D eigenvalue weighted by molar-refractivity contribution is -0.116. The molecule has 0 aliphatic heterocycles. The molecule has 1 heterocycles. The minimum Gasteiger partial charge on any atom is -0.462 e. The maximum Gasteiger partial charge on any atom is 0.348 e. The van der Waals surface area contributed by atoms with Gasteiger partial charge in [0.25, 0.3) is 0 Å². The van der Waals surface area contributed by atoms with Crippen LogP contribution in [-0.2, 0) is 14.3 Å². The van der Waals surface area contributed by atoms with Crippen molar-refractivity contribution in [3.63, 3.8) is 0 Å². The van der Waals surface area contributed by atoms with Crippen molar-refractivity contribution >= 4 is 28.2 Å². The van der Waals surface area contributed by atoms with Crippen LogP contribution in [-0.4, -0.2) is 31.7 Å². The quantitative estimate of drug-likeness (QED) is 0.786. The van der Waals surface area contributed by atoms with Crippen LogP contribution in [0.4, 0.5) is 5.00 Å². The molecule has 1 aromatic rings. The minimum atomic E-state index is -0.344. The van der Waals surface area contributed by atoms with E-state index in [4.69, 9.17) is 9.47 Å². The van der Waals surface area contributed by atoms with Crippen molar-refractivity contribution in [1.29, 1.82) is 0 Å². The summed E-state index contributed by atoms with van der Waals surface area (Å²) in [7, 11) is 1.62. The molecule has 0 radical (unpaired) electrons. The van der Waals surface area contributed by atoms with Gasteiger partial charge in [-0.25, -0.2) is 4.79 Å². The second-order valence-corrected chi connectivity index (χ2v) is 5.53. The summed E-state index contributed by atoms with van der Waals surface area (Å²) in [5.41, 5.74) is 0.814. The van der Waals surface area contributed by atoms with Crippen LogP contribution < -0.4 is 5.32 Å². The Hall–Kier alpha value is -1.40. The van der Waals surface area contributed by atoms with E-state index in [0.717, 1.165) is 5.56 Å². The molecule has 0 bridgehead atoms. The standard InChI is InChI=1S/C14H21NO4S/c1-5-19-14(17)13-9(2)8-12(20-13)15-11(16)7-6-10(3)18-4/h8,10H,5-7H2,1-4H3,(H,15,16). The molecule has 1 rings (SSSR count). The molecular weight excluding hydrogens is 278 g/mol. The zero-order chi connectivity index (χ0) is 15.1. The van der Waals surface area contributed by atoms with E-state index in [1.807, 2.05) is 13.8 Å². The summed E-state index contributed by atoms with van der Waals surface area (Å²) in [6, 6.07) is 1.79. The Morgan fingerprint density at radius 1 is 1.45 bits per heavy atom. The van der Waals surface area contributed by atoms with Crippen molar-refractivity contribution in [2.45, 2.75) is 39.7 Å². The molecule has 0 saturated carbocycles. The molecule has 1 atom stereocenters. The van der Waals surface area contributed by atoms with E-state index in [9.17, 15) is 9.59 Å². The molecule has 0 saturated heterocycles. The van der Waals surface area contributed by atoms with E-state index in [0.29, 0.717) is 29.3 Å². The maximum absolute atomic E-state index is 11.8. The second kappa shape index (κ2) is 8.01. The first-order chi connectivity index (χ1) is 9.47. The smallest absolute Gasteiger partial charge is 0.348 e. The molecule has 5 nitrogen and oxygen atoms in total. The minimum absolute atomic E-state index is 0.0564. The topological polar surface area (TPSA) is 64.6 Å². The molecule has 6 heteroatoms.